The van der Waals surface area contributed by atoms with Gasteiger partial charge in [-0.2, -0.15) is 0 Å². The zero-order valence-corrected chi connectivity index (χ0v) is 9.85. The molecule has 1 N–H and O–H groups in total. The molecule has 0 bridgehead atoms. The van der Waals surface area contributed by atoms with Crippen molar-refractivity contribution in [2.45, 2.75) is 19.4 Å². The van der Waals surface area contributed by atoms with Gasteiger partial charge in [0.15, 0.2) is 0 Å². The highest BCUT2D eigenvalue weighted by molar-refractivity contribution is 6.34. The first-order valence-electron chi connectivity index (χ1n) is 5.06. The molecular weight excluding hydrogens is 233 g/mol. The van der Waals surface area contributed by atoms with Gasteiger partial charge in [0.05, 0.1) is 5.02 Å². The van der Waals surface area contributed by atoms with E-state index in [1.807, 2.05) is 0 Å². The fourth-order valence-corrected chi connectivity index (χ4v) is 2.28. The zero-order valence-electron chi connectivity index (χ0n) is 8.34. The summed E-state index contributed by atoms with van der Waals surface area (Å²) in [4.78, 5) is 2.34. The molecule has 0 atom stereocenters. The van der Waals surface area contributed by atoms with E-state index in [4.69, 9.17) is 23.2 Å². The number of phenols is 1. The number of phenolic OH excluding ortho intramolecular Hbond substituents is 1. The minimum atomic E-state index is 0.0480. The molecule has 0 unspecified atom stereocenters. The second-order valence-corrected chi connectivity index (χ2v) is 4.69. The van der Waals surface area contributed by atoms with E-state index in [0.29, 0.717) is 10.0 Å². The number of hydrogen-bond donors (Lipinski definition) is 1. The number of hydrogen-bond acceptors (Lipinski definition) is 2. The summed E-state index contributed by atoms with van der Waals surface area (Å²) < 4.78 is 0. The molecule has 2 rings (SSSR count). The molecule has 0 radical (unpaired) electrons. The topological polar surface area (TPSA) is 23.5 Å². The highest BCUT2D eigenvalue weighted by Gasteiger charge is 2.14. The first kappa shape index (κ1) is 11.1. The molecule has 1 heterocycles. The van der Waals surface area contributed by atoms with E-state index in [9.17, 15) is 5.11 Å². The van der Waals surface area contributed by atoms with Crippen molar-refractivity contribution in [3.63, 3.8) is 0 Å². The third kappa shape index (κ3) is 2.57. The predicted molar refractivity (Wildman–Crippen MR) is 62.6 cm³/mol. The average molecular weight is 246 g/mol. The van der Waals surface area contributed by atoms with Gasteiger partial charge in [-0.1, -0.05) is 23.2 Å². The molecule has 82 valence electrons. The van der Waals surface area contributed by atoms with Crippen LogP contribution in [-0.4, -0.2) is 23.1 Å². The van der Waals surface area contributed by atoms with Gasteiger partial charge in [0.2, 0.25) is 0 Å². The molecule has 4 heteroatoms. The summed E-state index contributed by atoms with van der Waals surface area (Å²) in [6, 6.07) is 3.26. The van der Waals surface area contributed by atoms with Gasteiger partial charge in [-0.3, -0.25) is 4.90 Å². The van der Waals surface area contributed by atoms with Gasteiger partial charge in [0.1, 0.15) is 5.75 Å². The van der Waals surface area contributed by atoms with E-state index in [0.717, 1.165) is 25.2 Å². The van der Waals surface area contributed by atoms with Crippen LogP contribution in [0.1, 0.15) is 18.4 Å². The first-order chi connectivity index (χ1) is 7.16. The molecule has 0 amide bonds. The smallest absolute Gasteiger partial charge is 0.135 e. The normalized spacial score (nSPS) is 17.2. The van der Waals surface area contributed by atoms with Crippen molar-refractivity contribution >= 4 is 23.2 Å². The Hall–Kier alpha value is -0.440. The summed E-state index contributed by atoms with van der Waals surface area (Å²) in [7, 11) is 0. The van der Waals surface area contributed by atoms with Crippen LogP contribution in [0.15, 0.2) is 12.1 Å². The molecule has 1 fully saturated rings. The highest BCUT2D eigenvalue weighted by atomic mass is 35.5. The molecule has 1 aromatic carbocycles. The van der Waals surface area contributed by atoms with Crippen molar-refractivity contribution in [3.05, 3.63) is 27.7 Å². The Bertz CT molecular complexity index is 362. The molecule has 0 spiro atoms. The highest BCUT2D eigenvalue weighted by Crippen LogP contribution is 2.31. The molecular formula is C11H13Cl2NO. The van der Waals surface area contributed by atoms with E-state index in [2.05, 4.69) is 4.90 Å². The maximum Gasteiger partial charge on any atom is 0.135 e. The molecule has 1 aromatic rings. The Labute approximate surface area is 99.4 Å². The van der Waals surface area contributed by atoms with E-state index in [-0.39, 0.29) is 5.75 Å². The summed E-state index contributed by atoms with van der Waals surface area (Å²) in [6.07, 6.45) is 2.51. The van der Waals surface area contributed by atoms with Gasteiger partial charge in [-0.25, -0.2) is 0 Å². The van der Waals surface area contributed by atoms with Gasteiger partial charge < -0.3 is 5.11 Å². The molecule has 0 aromatic heterocycles. The summed E-state index contributed by atoms with van der Waals surface area (Å²) in [6.45, 7) is 3.06. The number of rotatable bonds is 2. The second-order valence-electron chi connectivity index (χ2n) is 3.88. The average Bonchev–Trinajstić information content (AvgIpc) is 2.67. The van der Waals surface area contributed by atoms with Crippen LogP contribution in [0.25, 0.3) is 0 Å². The SMILES string of the molecule is Oc1cc(Cl)c(CN2CCCC2)cc1Cl. The molecule has 15 heavy (non-hydrogen) atoms. The van der Waals surface area contributed by atoms with Gasteiger partial charge in [0.25, 0.3) is 0 Å². The van der Waals surface area contributed by atoms with E-state index < -0.39 is 0 Å². The fourth-order valence-electron chi connectivity index (χ4n) is 1.88. The summed E-state index contributed by atoms with van der Waals surface area (Å²) in [5.74, 6) is 0.0480. The van der Waals surface area contributed by atoms with Crippen molar-refractivity contribution in [1.82, 2.24) is 4.90 Å². The van der Waals surface area contributed by atoms with Crippen molar-refractivity contribution < 1.29 is 5.11 Å². The van der Waals surface area contributed by atoms with Gasteiger partial charge in [0, 0.05) is 17.6 Å². The lowest BCUT2D eigenvalue weighted by Gasteiger charge is -2.16. The Morgan fingerprint density at radius 3 is 2.47 bits per heavy atom. The van der Waals surface area contributed by atoms with Crippen LogP contribution in [0.4, 0.5) is 0 Å². The van der Waals surface area contributed by atoms with Crippen LogP contribution in [0, 0.1) is 0 Å². The maximum atomic E-state index is 9.36. The Kier molecular flexibility index (Phi) is 3.39. The number of nitrogens with zero attached hydrogens (tertiary/aromatic N) is 1. The molecule has 1 aliphatic heterocycles. The quantitative estimate of drug-likeness (QED) is 0.865. The predicted octanol–water partition coefficient (Wildman–Crippen LogP) is 3.29. The van der Waals surface area contributed by atoms with Crippen LogP contribution >= 0.6 is 23.2 Å². The maximum absolute atomic E-state index is 9.36. The van der Waals surface area contributed by atoms with Gasteiger partial charge in [-0.05, 0) is 37.6 Å². The van der Waals surface area contributed by atoms with Crippen LogP contribution in [0.5, 0.6) is 5.75 Å². The summed E-state index contributed by atoms with van der Waals surface area (Å²) >= 11 is 11.9. The van der Waals surface area contributed by atoms with E-state index in [1.165, 1.54) is 18.9 Å². The van der Waals surface area contributed by atoms with Crippen molar-refractivity contribution in [1.29, 1.82) is 0 Å². The van der Waals surface area contributed by atoms with Crippen molar-refractivity contribution in [2.24, 2.45) is 0 Å². The molecule has 1 saturated heterocycles. The zero-order chi connectivity index (χ0) is 10.8. The van der Waals surface area contributed by atoms with Crippen LogP contribution in [-0.2, 0) is 6.54 Å². The second kappa shape index (κ2) is 4.60. The van der Waals surface area contributed by atoms with Gasteiger partial charge >= 0.3 is 0 Å². The van der Waals surface area contributed by atoms with Crippen LogP contribution in [0.3, 0.4) is 0 Å². The Morgan fingerprint density at radius 2 is 1.80 bits per heavy atom. The molecule has 0 aliphatic carbocycles. The number of likely N-dealkylation sites (tertiary alicyclic amines) is 1. The minimum absolute atomic E-state index is 0.0480. The van der Waals surface area contributed by atoms with Crippen molar-refractivity contribution in [2.75, 3.05) is 13.1 Å². The van der Waals surface area contributed by atoms with Crippen molar-refractivity contribution in [3.8, 4) is 5.75 Å². The molecule has 0 saturated carbocycles. The van der Waals surface area contributed by atoms with Gasteiger partial charge in [-0.15, -0.1) is 0 Å². The number of benzene rings is 1. The minimum Gasteiger partial charge on any atom is -0.506 e. The third-order valence-electron chi connectivity index (χ3n) is 2.71. The third-order valence-corrected chi connectivity index (χ3v) is 3.36. The number of aromatic hydroxyl groups is 1. The lowest BCUT2D eigenvalue weighted by Crippen LogP contribution is -2.18. The fraction of sp³-hybridized carbons (Fsp3) is 0.455. The largest absolute Gasteiger partial charge is 0.506 e. The Morgan fingerprint density at radius 1 is 1.13 bits per heavy atom. The van der Waals surface area contributed by atoms with Crippen LogP contribution in [0.2, 0.25) is 10.0 Å². The number of halogens is 2. The van der Waals surface area contributed by atoms with E-state index in [1.54, 1.807) is 6.07 Å². The first-order valence-corrected chi connectivity index (χ1v) is 5.81. The summed E-state index contributed by atoms with van der Waals surface area (Å²) in [5, 5.41) is 10.3. The standard InChI is InChI=1S/C11H13Cl2NO/c12-9-6-11(15)10(13)5-8(9)7-14-3-1-2-4-14/h5-6,15H,1-4,7H2. The monoisotopic (exact) mass is 245 g/mol. The lowest BCUT2D eigenvalue weighted by atomic mass is 10.2. The van der Waals surface area contributed by atoms with Crippen LogP contribution < -0.4 is 0 Å². The molecule has 2 nitrogen and oxygen atoms in total. The summed E-state index contributed by atoms with van der Waals surface area (Å²) in [5.41, 5.74) is 0.987. The van der Waals surface area contributed by atoms with E-state index >= 15 is 0 Å². The Balaban J connectivity index is 2.16. The lowest BCUT2D eigenvalue weighted by molar-refractivity contribution is 0.331. The molecule has 1 aliphatic rings.